The van der Waals surface area contributed by atoms with Crippen LogP contribution in [0.15, 0.2) is 35.5 Å². The van der Waals surface area contributed by atoms with Crippen LogP contribution in [0.4, 0.5) is 8.78 Å². The third-order valence-corrected chi connectivity index (χ3v) is 4.98. The molecule has 0 N–H and O–H groups in total. The molecule has 0 unspecified atom stereocenters. The van der Waals surface area contributed by atoms with Gasteiger partial charge in [0.2, 0.25) is 10.0 Å². The Bertz CT molecular complexity index is 730. The molecule has 0 spiro atoms. The topological polar surface area (TPSA) is 55.2 Å². The van der Waals surface area contributed by atoms with Crippen LogP contribution in [0.1, 0.15) is 5.56 Å². The van der Waals surface area contributed by atoms with E-state index >= 15 is 0 Å². The molecule has 0 atom stereocenters. The Kier molecular flexibility index (Phi) is 4.38. The molecule has 0 saturated carbocycles. The Morgan fingerprint density at radius 1 is 1.29 bits per heavy atom. The molecule has 21 heavy (non-hydrogen) atoms. The first kappa shape index (κ1) is 15.6. The highest BCUT2D eigenvalue weighted by Gasteiger charge is 2.25. The number of hydrogen-bond acceptors (Lipinski definition) is 3. The zero-order valence-electron chi connectivity index (χ0n) is 11.6. The number of likely N-dealkylation sites (N-methyl/N-ethyl adjacent to an activating group) is 1. The van der Waals surface area contributed by atoms with Gasteiger partial charge in [-0.1, -0.05) is 0 Å². The zero-order valence-corrected chi connectivity index (χ0v) is 12.4. The van der Waals surface area contributed by atoms with Gasteiger partial charge in [-0.3, -0.25) is 4.68 Å². The van der Waals surface area contributed by atoms with E-state index in [4.69, 9.17) is 0 Å². The van der Waals surface area contributed by atoms with Crippen molar-refractivity contribution >= 4 is 10.0 Å². The number of aromatic nitrogens is 2. The number of hydrogen-bond donors (Lipinski definition) is 0. The Morgan fingerprint density at radius 3 is 2.62 bits per heavy atom. The molecule has 1 aromatic heterocycles. The van der Waals surface area contributed by atoms with Gasteiger partial charge >= 0.3 is 0 Å². The fourth-order valence-corrected chi connectivity index (χ4v) is 3.01. The summed E-state index contributed by atoms with van der Waals surface area (Å²) in [5, 5.41) is 3.95. The van der Waals surface area contributed by atoms with Crippen molar-refractivity contribution in [3.05, 3.63) is 47.8 Å². The van der Waals surface area contributed by atoms with Crippen molar-refractivity contribution in [2.75, 3.05) is 13.6 Å². The Balaban J connectivity index is 2.22. The molecule has 0 amide bonds. The lowest BCUT2D eigenvalue weighted by Gasteiger charge is -2.18. The van der Waals surface area contributed by atoms with Gasteiger partial charge in [0, 0.05) is 26.0 Å². The van der Waals surface area contributed by atoms with Crippen LogP contribution in [0.2, 0.25) is 0 Å². The highest BCUT2D eigenvalue weighted by molar-refractivity contribution is 7.89. The molecule has 8 heteroatoms. The standard InChI is InChI=1S/C13H15F2N3O2S/c1-10-8-12(15)13(9-11(10)14)21(19,20)17(2)6-7-18-5-3-4-16-18/h3-5,8-9H,6-7H2,1-2H3. The van der Waals surface area contributed by atoms with E-state index < -0.39 is 26.6 Å². The van der Waals surface area contributed by atoms with E-state index in [1.807, 2.05) is 0 Å². The maximum Gasteiger partial charge on any atom is 0.245 e. The zero-order chi connectivity index (χ0) is 15.6. The van der Waals surface area contributed by atoms with Gasteiger partial charge in [-0.25, -0.2) is 17.2 Å². The van der Waals surface area contributed by atoms with Crippen LogP contribution in [0, 0.1) is 18.6 Å². The summed E-state index contributed by atoms with van der Waals surface area (Å²) in [4.78, 5) is -0.659. The van der Waals surface area contributed by atoms with Crippen molar-refractivity contribution in [2.45, 2.75) is 18.4 Å². The van der Waals surface area contributed by atoms with Gasteiger partial charge in [-0.05, 0) is 30.7 Å². The summed E-state index contributed by atoms with van der Waals surface area (Å²) in [6, 6.07) is 3.30. The van der Waals surface area contributed by atoms with E-state index in [2.05, 4.69) is 5.10 Å². The van der Waals surface area contributed by atoms with Gasteiger partial charge in [0.15, 0.2) is 0 Å². The van der Waals surface area contributed by atoms with Crippen molar-refractivity contribution in [1.29, 1.82) is 0 Å². The van der Waals surface area contributed by atoms with Crippen molar-refractivity contribution in [2.24, 2.45) is 0 Å². The smallest absolute Gasteiger partial charge is 0.245 e. The molecule has 2 rings (SSSR count). The first-order valence-corrected chi connectivity index (χ1v) is 7.66. The molecule has 0 fully saturated rings. The molecule has 1 heterocycles. The molecule has 0 radical (unpaired) electrons. The summed E-state index contributed by atoms with van der Waals surface area (Å²) in [5.41, 5.74) is 0.0608. The first-order valence-electron chi connectivity index (χ1n) is 6.22. The lowest BCUT2D eigenvalue weighted by molar-refractivity contribution is 0.428. The highest BCUT2D eigenvalue weighted by atomic mass is 32.2. The number of sulfonamides is 1. The molecular weight excluding hydrogens is 300 g/mol. The molecule has 1 aromatic carbocycles. The monoisotopic (exact) mass is 315 g/mol. The molecule has 0 aliphatic rings. The fourth-order valence-electron chi connectivity index (χ4n) is 1.79. The molecule has 0 aliphatic heterocycles. The summed E-state index contributed by atoms with van der Waals surface area (Å²) in [6.07, 6.45) is 3.26. The number of nitrogens with zero attached hydrogens (tertiary/aromatic N) is 3. The summed E-state index contributed by atoms with van der Waals surface area (Å²) in [5.74, 6) is -1.71. The van der Waals surface area contributed by atoms with E-state index in [-0.39, 0.29) is 12.1 Å². The lowest BCUT2D eigenvalue weighted by atomic mass is 10.2. The quantitative estimate of drug-likeness (QED) is 0.845. The van der Waals surface area contributed by atoms with Gasteiger partial charge in [-0.15, -0.1) is 0 Å². The van der Waals surface area contributed by atoms with Gasteiger partial charge in [0.25, 0.3) is 0 Å². The maximum absolute atomic E-state index is 13.8. The van der Waals surface area contributed by atoms with Crippen LogP contribution in [0.5, 0.6) is 0 Å². The van der Waals surface area contributed by atoms with E-state index in [0.29, 0.717) is 12.6 Å². The van der Waals surface area contributed by atoms with E-state index in [9.17, 15) is 17.2 Å². The maximum atomic E-state index is 13.8. The summed E-state index contributed by atoms with van der Waals surface area (Å²) < 4.78 is 54.4. The third kappa shape index (κ3) is 3.27. The molecular formula is C13H15F2N3O2S. The van der Waals surface area contributed by atoms with Gasteiger partial charge < -0.3 is 0 Å². The van der Waals surface area contributed by atoms with Gasteiger partial charge in [0.1, 0.15) is 16.5 Å². The molecule has 0 saturated heterocycles. The fraction of sp³-hybridized carbons (Fsp3) is 0.308. The van der Waals surface area contributed by atoms with Crippen LogP contribution < -0.4 is 0 Å². The Morgan fingerprint density at radius 2 is 2.00 bits per heavy atom. The summed E-state index contributed by atoms with van der Waals surface area (Å²) in [6.45, 7) is 1.79. The number of benzene rings is 1. The number of halogens is 2. The largest absolute Gasteiger partial charge is 0.271 e. The van der Waals surface area contributed by atoms with Crippen molar-refractivity contribution < 1.29 is 17.2 Å². The molecule has 5 nitrogen and oxygen atoms in total. The second kappa shape index (κ2) is 5.90. The van der Waals surface area contributed by atoms with Crippen LogP contribution in [0.3, 0.4) is 0 Å². The minimum Gasteiger partial charge on any atom is -0.271 e. The Hall–Kier alpha value is -1.80. The second-order valence-electron chi connectivity index (χ2n) is 4.63. The predicted octanol–water partition coefficient (Wildman–Crippen LogP) is 1.79. The molecule has 0 aliphatic carbocycles. The summed E-state index contributed by atoms with van der Waals surface area (Å²) in [7, 11) is -2.77. The van der Waals surface area contributed by atoms with E-state index in [1.54, 1.807) is 23.1 Å². The van der Waals surface area contributed by atoms with Gasteiger partial charge in [0.05, 0.1) is 6.54 Å². The van der Waals surface area contributed by atoms with Crippen LogP contribution in [0.25, 0.3) is 0 Å². The van der Waals surface area contributed by atoms with Crippen molar-refractivity contribution in [1.82, 2.24) is 14.1 Å². The lowest BCUT2D eigenvalue weighted by Crippen LogP contribution is -2.31. The highest BCUT2D eigenvalue weighted by Crippen LogP contribution is 2.21. The SMILES string of the molecule is Cc1cc(F)c(S(=O)(=O)N(C)CCn2cccn2)cc1F. The van der Waals surface area contributed by atoms with Crippen molar-refractivity contribution in [3.63, 3.8) is 0 Å². The first-order chi connectivity index (χ1) is 9.82. The third-order valence-electron chi connectivity index (χ3n) is 3.10. The van der Waals surface area contributed by atoms with E-state index in [0.717, 1.165) is 10.4 Å². The average Bonchev–Trinajstić information content (AvgIpc) is 2.93. The molecule has 114 valence electrons. The molecule has 0 bridgehead atoms. The normalized spacial score (nSPS) is 12.0. The van der Waals surface area contributed by atoms with E-state index in [1.165, 1.54) is 14.0 Å². The number of rotatable bonds is 5. The predicted molar refractivity (Wildman–Crippen MR) is 73.1 cm³/mol. The number of aryl methyl sites for hydroxylation is 1. The van der Waals surface area contributed by atoms with Crippen molar-refractivity contribution in [3.8, 4) is 0 Å². The minimum absolute atomic E-state index is 0.0608. The van der Waals surface area contributed by atoms with Gasteiger partial charge in [-0.2, -0.15) is 9.40 Å². The van der Waals surface area contributed by atoms with Crippen LogP contribution >= 0.6 is 0 Å². The van der Waals surface area contributed by atoms with Crippen LogP contribution in [-0.2, 0) is 16.6 Å². The van der Waals surface area contributed by atoms with Crippen LogP contribution in [-0.4, -0.2) is 36.1 Å². The molecule has 2 aromatic rings. The summed E-state index contributed by atoms with van der Waals surface area (Å²) >= 11 is 0. The second-order valence-corrected chi connectivity index (χ2v) is 6.64. The average molecular weight is 315 g/mol. The Labute approximate surface area is 121 Å². The minimum atomic E-state index is -4.08.